The molecule has 43 N–H and O–H groups in total. The Balaban J connectivity index is 0.000000326. The summed E-state index contributed by atoms with van der Waals surface area (Å²) in [5.41, 5.74) is 58.8. The summed E-state index contributed by atoms with van der Waals surface area (Å²) in [5, 5.41) is 161. The second-order valence-corrected chi connectivity index (χ2v) is 40.2. The standard InChI is InChI=1S/2C21H41N7O12.C12H14N4O2S.C10H10N4O2S.C9H9N3O2S2.3H2O4S/c2*1-5-21(36,4-30)16(40-17-9(26-2)13(34)10(31)6(3-29)38-17)18(37-5)39-15-8(28-20(24)25)11(32)7(27-19(22)23)12(33)14(15)35;1-8-7-9(2)15-12(14-8)16-19(17,18)11-5-3-10(13)4-6-11;11-8-2-4-9(5-3-8)17(15,16)14-10-12-6-1-7-13-10;10-7-1-3-8(4-2-7)16(13,14)12-9-11-5-6-15-9;3*1-5(2,3)4/h2*4-19,26-27,29,31-36H,3,22-23H2,1-2H3,(H4,24,25,28);3-7H,13H2,1-2H3,(H,14,15,16);1-7H,11H2,(H,12,13,14);1-6H,10H2,(H,11,12);3*(H2,1,2,3,4)/p-6/t2*5-,6-,7+,8+,9-,10-,11+,12-,13-,14+,15+,16-,17+,18-,21+;;;;;;/m00....../s1. The Labute approximate surface area is 841 Å². The first kappa shape index (κ1) is 128. The number of ether oxygens (including phenoxy) is 8. The second kappa shape index (κ2) is 55.4. The highest BCUT2D eigenvalue weighted by molar-refractivity contribution is 7.93. The van der Waals surface area contributed by atoms with E-state index >= 15 is 0 Å². The van der Waals surface area contributed by atoms with Crippen molar-refractivity contribution in [3.63, 3.8) is 0 Å². The number of likely N-dealkylation sites (N-methyl/N-ethyl adjacent to an activating group) is 2. The predicted octanol–water partition coefficient (Wildman–Crippen LogP) is -17.4. The normalized spacial score (nSPS) is 31.2. The fourth-order valence-corrected chi connectivity index (χ4v) is 18.0. The van der Waals surface area contributed by atoms with Crippen LogP contribution in [0, 0.1) is 13.8 Å². The Morgan fingerprint density at radius 2 is 0.755 bits per heavy atom. The first-order chi connectivity index (χ1) is 67.9. The molecule has 0 spiro atoms. The van der Waals surface area contributed by atoms with Gasteiger partial charge in [-0.05, 0) is 127 Å². The van der Waals surface area contributed by atoms with E-state index < -0.39 is 281 Å². The summed E-state index contributed by atoms with van der Waals surface area (Å²) in [6, 6.07) is 13.4. The van der Waals surface area contributed by atoms with Gasteiger partial charge in [0.1, 0.15) is 110 Å². The number of nitrogen functional groups attached to an aromatic ring is 3. The number of carbonyl (C=O) groups excluding carboxylic acids is 2. The van der Waals surface area contributed by atoms with Gasteiger partial charge in [0, 0.05) is 83.6 Å². The maximum Gasteiger partial charge on any atom is 0.264 e. The van der Waals surface area contributed by atoms with Crippen LogP contribution in [0.5, 0.6) is 0 Å². The molecule has 147 heavy (non-hydrogen) atoms. The zero-order valence-corrected chi connectivity index (χ0v) is 83.0. The molecule has 6 aliphatic rings. The average Bonchev–Trinajstić information content (AvgIpc) is 1.59. The number of aryl methyl sites for hydroxylation is 2. The average molecular weight is 2240 g/mol. The number of rotatable bonds is 29. The Hall–Kier alpha value is -9.61. The quantitative estimate of drug-likeness (QED) is 0.00394. The summed E-state index contributed by atoms with van der Waals surface area (Å²) in [6.07, 6.45) is -32.0. The van der Waals surface area contributed by atoms with Gasteiger partial charge in [0.05, 0.1) is 76.5 Å². The van der Waals surface area contributed by atoms with Gasteiger partial charge in [0.2, 0.25) is 11.9 Å². The zero-order chi connectivity index (χ0) is 112. The van der Waals surface area contributed by atoms with Gasteiger partial charge in [0.25, 0.3) is 30.1 Å². The van der Waals surface area contributed by atoms with E-state index in [4.69, 9.17) is 154 Å². The van der Waals surface area contributed by atoms with Crippen LogP contribution in [0.4, 0.5) is 34.1 Å². The molecule has 3 aromatic heterocycles. The number of nitrogens with zero attached hydrogens (tertiary/aromatic N) is 7. The first-order valence-electron chi connectivity index (χ1n) is 41.8. The molecule has 4 saturated heterocycles. The summed E-state index contributed by atoms with van der Waals surface area (Å²) < 4.78 is 227. The SMILES string of the molecule is CN[C@@H]1[C@@H](O[C@H]2[C@H](O[C@H]3[C@H](O)[C@@H](O)[C@H](NC(N)N)[C@@H](O)[C@H]3N=C(N)N)O[C@@H](C)[C@]2(O)C=O)O[C@@H](CO)[C@H](O)[C@H]1O.CN[C@@H]1[C@@H](O[C@H]2[C@H](O[C@H]3[C@H](O)[C@@H](O)[C@H](NC(N)N)[C@@H](O)[C@H]3N=C(N)N)O[C@@H](C)[C@]2(O)C=O)O[C@@H](CO)[C@H](O)[C@H]1O.Cc1cc(C)nc(NS(=O)(=O)c2ccc(N)cc2)n1.Nc1ccc(S(=O)(=O)Nc2ncccn2)cc1.Nc1ccc(S(=O)(=O)Nc2nccs2)cc1.O=S(=O)([O-])[O-].O=S(=O)([O-])[O-].O=S(=O)([O-])[O-]. The molecule has 0 amide bonds. The number of aromatic nitrogens is 5. The van der Waals surface area contributed by atoms with Crippen LogP contribution in [0.3, 0.4) is 0 Å². The number of aldehydes is 2. The van der Waals surface area contributed by atoms with E-state index in [9.17, 15) is 106 Å². The number of aliphatic hydroxyl groups is 14. The highest BCUT2D eigenvalue weighted by Gasteiger charge is 2.63. The topological polar surface area (TPSA) is 1190 Å². The van der Waals surface area contributed by atoms with Crippen molar-refractivity contribution in [2.45, 2.75) is 237 Å². The van der Waals surface area contributed by atoms with E-state index in [2.05, 4.69) is 70.3 Å². The summed E-state index contributed by atoms with van der Waals surface area (Å²) in [4.78, 5) is 51.9. The summed E-state index contributed by atoms with van der Waals surface area (Å²) in [7, 11) is -23.6. The van der Waals surface area contributed by atoms with Crippen molar-refractivity contribution >= 4 is 131 Å². The number of carbonyl (C=O) groups is 2. The van der Waals surface area contributed by atoms with Crippen LogP contribution in [0.1, 0.15) is 25.2 Å². The largest absolute Gasteiger partial charge is 0.759 e. The summed E-state index contributed by atoms with van der Waals surface area (Å²) in [6.45, 7) is 4.81. The number of nitrogens with one attached hydrogen (secondary N) is 7. The van der Waals surface area contributed by atoms with Gasteiger partial charge >= 0.3 is 0 Å². The monoisotopic (exact) mass is 2240 g/mol. The van der Waals surface area contributed by atoms with E-state index in [-0.39, 0.29) is 39.2 Å². The third-order valence-electron chi connectivity index (χ3n) is 21.1. The van der Waals surface area contributed by atoms with Gasteiger partial charge in [-0.3, -0.25) is 50.2 Å². The number of sulfonamides is 3. The van der Waals surface area contributed by atoms with Crippen molar-refractivity contribution in [3.05, 3.63) is 120 Å². The number of hydrogen-bond donors (Lipinski definition) is 32. The van der Waals surface area contributed by atoms with Crippen molar-refractivity contribution in [1.82, 2.24) is 46.2 Å². The summed E-state index contributed by atoms with van der Waals surface area (Å²) >= 11 is 1.22. The number of benzene rings is 3. The van der Waals surface area contributed by atoms with E-state index in [0.717, 1.165) is 0 Å². The van der Waals surface area contributed by atoms with Gasteiger partial charge in [0.15, 0.2) is 66.0 Å². The molecule has 74 heteroatoms. The molecular formula is C73H115N25O42S7-6. The number of hydrogen-bond acceptors (Lipinski definition) is 61. The maximum atomic E-state index is 12.1. The fraction of sp³-hybridized carbons (Fsp3) is 0.548. The lowest BCUT2D eigenvalue weighted by molar-refractivity contribution is -0.314. The molecule has 3 aromatic carbocycles. The molecule has 4 aliphatic heterocycles. The molecule has 0 bridgehead atoms. The molecule has 2 saturated carbocycles. The van der Waals surface area contributed by atoms with E-state index in [0.29, 0.717) is 33.6 Å². The van der Waals surface area contributed by atoms with Crippen LogP contribution in [-0.2, 0) is 109 Å². The molecule has 832 valence electrons. The van der Waals surface area contributed by atoms with Crippen molar-refractivity contribution < 1.29 is 197 Å². The van der Waals surface area contributed by atoms with Crippen LogP contribution >= 0.6 is 11.3 Å². The number of guanidine groups is 2. The Morgan fingerprint density at radius 1 is 0.449 bits per heavy atom. The lowest BCUT2D eigenvalue weighted by atomic mass is 9.81. The molecule has 12 rings (SSSR count). The fourth-order valence-electron chi connectivity index (χ4n) is 14.3. The highest BCUT2D eigenvalue weighted by atomic mass is 32.3. The Morgan fingerprint density at radius 3 is 1.03 bits per heavy atom. The zero-order valence-electron chi connectivity index (χ0n) is 77.3. The lowest BCUT2D eigenvalue weighted by Crippen LogP contribution is -2.71. The smallest absolute Gasteiger partial charge is 0.264 e. The molecule has 7 heterocycles. The second-order valence-electron chi connectivity index (χ2n) is 31.8. The minimum Gasteiger partial charge on any atom is -0.759 e. The molecule has 6 aromatic rings. The first-order valence-corrected chi connectivity index (χ1v) is 51.1. The van der Waals surface area contributed by atoms with Crippen molar-refractivity contribution in [1.29, 1.82) is 0 Å². The number of aliphatic imine (C=N–C) groups is 2. The van der Waals surface area contributed by atoms with Crippen LogP contribution in [0.15, 0.2) is 134 Å². The molecule has 0 unspecified atom stereocenters. The Kier molecular flexibility index (Phi) is 48.2. The van der Waals surface area contributed by atoms with Gasteiger partial charge in [-0.25, -0.2) is 69.6 Å². The molecule has 67 nitrogen and oxygen atoms in total. The van der Waals surface area contributed by atoms with Gasteiger partial charge in [-0.1, -0.05) is 0 Å². The number of nitrogens with two attached hydrogens (primary N) is 11. The molecule has 0 radical (unpaired) electrons. The number of aliphatic hydroxyl groups excluding tert-OH is 12. The van der Waals surface area contributed by atoms with Gasteiger partial charge in [-0.2, -0.15) is 0 Å². The van der Waals surface area contributed by atoms with Crippen LogP contribution in [-0.4, -0.2) is 421 Å². The van der Waals surface area contributed by atoms with Gasteiger partial charge < -0.3 is 210 Å². The summed E-state index contributed by atoms with van der Waals surface area (Å²) in [5.74, 6) is -0.923. The molecule has 30 atom stereocenters. The third-order valence-corrected chi connectivity index (χ3v) is 26.0. The highest BCUT2D eigenvalue weighted by Crippen LogP contribution is 2.42. The molecule has 2 aliphatic carbocycles. The number of anilines is 6. The van der Waals surface area contributed by atoms with E-state index in [1.54, 1.807) is 31.4 Å². The van der Waals surface area contributed by atoms with Crippen molar-refractivity contribution in [2.75, 3.05) is 58.7 Å². The van der Waals surface area contributed by atoms with Crippen LogP contribution in [0.2, 0.25) is 0 Å². The lowest BCUT2D eigenvalue weighted by Gasteiger charge is -2.46. The predicted molar refractivity (Wildman–Crippen MR) is 497 cm³/mol. The maximum absolute atomic E-state index is 12.1. The van der Waals surface area contributed by atoms with E-state index in [1.165, 1.54) is 131 Å². The molecular weight excluding hydrogens is 2120 g/mol. The number of thiazole rings is 1. The third kappa shape index (κ3) is 38.1. The van der Waals surface area contributed by atoms with Crippen molar-refractivity contribution in [3.8, 4) is 0 Å². The molecule has 6 fully saturated rings. The Bertz CT molecular complexity index is 5670. The van der Waals surface area contributed by atoms with Crippen LogP contribution in [0.25, 0.3) is 0 Å². The van der Waals surface area contributed by atoms with Crippen LogP contribution < -0.4 is 98.5 Å². The minimum atomic E-state index is -5.17. The van der Waals surface area contributed by atoms with E-state index in [1.807, 2.05) is 0 Å². The van der Waals surface area contributed by atoms with Gasteiger partial charge in [-0.15, -0.1) is 11.3 Å². The minimum absolute atomic E-state index is 0.0318. The van der Waals surface area contributed by atoms with Crippen molar-refractivity contribution in [2.24, 2.45) is 55.9 Å².